The molecule has 1 aromatic carbocycles. The van der Waals surface area contributed by atoms with Gasteiger partial charge in [-0.2, -0.15) is 0 Å². The summed E-state index contributed by atoms with van der Waals surface area (Å²) in [5, 5.41) is 0.660. The second-order valence-corrected chi connectivity index (χ2v) is 5.53. The molecular weight excluding hydrogens is 260 g/mol. The molecule has 0 aliphatic carbocycles. The van der Waals surface area contributed by atoms with Crippen molar-refractivity contribution in [1.82, 2.24) is 4.90 Å². The molecule has 0 aromatic heterocycles. The quantitative estimate of drug-likeness (QED) is 0.925. The molecule has 1 aliphatic rings. The Morgan fingerprint density at radius 2 is 2.21 bits per heavy atom. The molecule has 0 radical (unpaired) electrons. The Morgan fingerprint density at radius 3 is 2.84 bits per heavy atom. The smallest absolute Gasteiger partial charge is 0.137 e. The van der Waals surface area contributed by atoms with Gasteiger partial charge in [0.15, 0.2) is 0 Å². The van der Waals surface area contributed by atoms with E-state index in [1.54, 1.807) is 7.11 Å². The fraction of sp³-hybridized carbons (Fsp3) is 0.600. The number of nitrogens with zero attached hydrogens (tertiary/aromatic N) is 1. The van der Waals surface area contributed by atoms with Gasteiger partial charge in [-0.15, -0.1) is 0 Å². The average molecular weight is 283 g/mol. The fourth-order valence-electron chi connectivity index (χ4n) is 2.94. The van der Waals surface area contributed by atoms with Crippen molar-refractivity contribution < 1.29 is 4.74 Å². The maximum atomic E-state index is 6.38. The minimum atomic E-state index is 0.173. The van der Waals surface area contributed by atoms with Gasteiger partial charge in [-0.05, 0) is 43.6 Å². The molecule has 2 rings (SSSR count). The number of ether oxygens (including phenoxy) is 1. The van der Waals surface area contributed by atoms with Gasteiger partial charge < -0.3 is 10.5 Å². The highest BCUT2D eigenvalue weighted by atomic mass is 35.5. The highest BCUT2D eigenvalue weighted by Crippen LogP contribution is 2.33. The zero-order valence-corrected chi connectivity index (χ0v) is 12.5. The van der Waals surface area contributed by atoms with Gasteiger partial charge in [0, 0.05) is 12.1 Å². The largest absolute Gasteiger partial charge is 0.495 e. The molecule has 0 spiro atoms. The van der Waals surface area contributed by atoms with Crippen LogP contribution in [0.25, 0.3) is 0 Å². The van der Waals surface area contributed by atoms with Crippen LogP contribution in [0.5, 0.6) is 5.75 Å². The van der Waals surface area contributed by atoms with Crippen molar-refractivity contribution in [2.24, 2.45) is 5.73 Å². The lowest BCUT2D eigenvalue weighted by atomic mass is 9.96. The van der Waals surface area contributed by atoms with Crippen molar-refractivity contribution >= 4 is 11.6 Å². The number of hydrogen-bond donors (Lipinski definition) is 1. The summed E-state index contributed by atoms with van der Waals surface area (Å²) in [6.07, 6.45) is 3.50. The third-order valence-corrected chi connectivity index (χ3v) is 4.25. The van der Waals surface area contributed by atoms with Crippen molar-refractivity contribution in [3.8, 4) is 5.75 Å². The van der Waals surface area contributed by atoms with Crippen molar-refractivity contribution in [3.05, 3.63) is 28.8 Å². The summed E-state index contributed by atoms with van der Waals surface area (Å²) in [5.41, 5.74) is 7.58. The van der Waals surface area contributed by atoms with Crippen LogP contribution in [-0.2, 0) is 0 Å². The van der Waals surface area contributed by atoms with Crippen LogP contribution in [0.4, 0.5) is 0 Å². The minimum Gasteiger partial charge on any atom is -0.495 e. The molecule has 19 heavy (non-hydrogen) atoms. The van der Waals surface area contributed by atoms with E-state index in [4.69, 9.17) is 22.1 Å². The highest BCUT2D eigenvalue weighted by Gasteiger charge is 2.28. The molecule has 1 saturated heterocycles. The lowest BCUT2D eigenvalue weighted by molar-refractivity contribution is 0.195. The van der Waals surface area contributed by atoms with E-state index in [2.05, 4.69) is 17.9 Å². The number of likely N-dealkylation sites (N-methyl/N-ethyl adjacent to an activating group) is 1. The van der Waals surface area contributed by atoms with Gasteiger partial charge >= 0.3 is 0 Å². The predicted molar refractivity (Wildman–Crippen MR) is 79.8 cm³/mol. The molecule has 2 atom stereocenters. The van der Waals surface area contributed by atoms with Crippen LogP contribution in [0, 0.1) is 0 Å². The summed E-state index contributed by atoms with van der Waals surface area (Å²) >= 11 is 6.24. The van der Waals surface area contributed by atoms with Gasteiger partial charge in [-0.3, -0.25) is 4.90 Å². The fourth-order valence-corrected chi connectivity index (χ4v) is 3.21. The third kappa shape index (κ3) is 3.22. The van der Waals surface area contributed by atoms with Crippen molar-refractivity contribution in [2.75, 3.05) is 20.2 Å². The van der Waals surface area contributed by atoms with E-state index >= 15 is 0 Å². The Kier molecular flexibility index (Phi) is 5.08. The first-order valence-electron chi connectivity index (χ1n) is 7.00. The molecule has 1 aromatic rings. The van der Waals surface area contributed by atoms with Gasteiger partial charge in [0.1, 0.15) is 5.75 Å². The van der Waals surface area contributed by atoms with Crippen molar-refractivity contribution in [3.63, 3.8) is 0 Å². The van der Waals surface area contributed by atoms with Gasteiger partial charge in [0.05, 0.1) is 12.1 Å². The molecule has 2 unspecified atom stereocenters. The van der Waals surface area contributed by atoms with Gasteiger partial charge in [-0.1, -0.05) is 31.0 Å². The summed E-state index contributed by atoms with van der Waals surface area (Å²) in [4.78, 5) is 2.45. The van der Waals surface area contributed by atoms with Gasteiger partial charge in [0.2, 0.25) is 0 Å². The topological polar surface area (TPSA) is 38.5 Å². The lowest BCUT2D eigenvalue weighted by Gasteiger charge is -2.33. The van der Waals surface area contributed by atoms with Crippen LogP contribution in [-0.4, -0.2) is 31.1 Å². The van der Waals surface area contributed by atoms with E-state index in [9.17, 15) is 0 Å². The number of benzene rings is 1. The molecule has 0 saturated carbocycles. The average Bonchev–Trinajstić information content (AvgIpc) is 2.60. The van der Waals surface area contributed by atoms with Crippen molar-refractivity contribution in [2.45, 2.75) is 38.3 Å². The van der Waals surface area contributed by atoms with Crippen LogP contribution in [0.2, 0.25) is 5.02 Å². The zero-order valence-electron chi connectivity index (χ0n) is 11.7. The number of methoxy groups -OCH3 is 1. The lowest BCUT2D eigenvalue weighted by Crippen LogP contribution is -2.39. The number of likely N-dealkylation sites (tertiary alicyclic amines) is 1. The van der Waals surface area contributed by atoms with Crippen LogP contribution in [0.3, 0.4) is 0 Å². The summed E-state index contributed by atoms with van der Waals surface area (Å²) in [7, 11) is 1.64. The Hall–Kier alpha value is -0.770. The molecule has 1 aliphatic heterocycles. The van der Waals surface area contributed by atoms with Gasteiger partial charge in [0.25, 0.3) is 0 Å². The Morgan fingerprint density at radius 1 is 1.42 bits per heavy atom. The monoisotopic (exact) mass is 282 g/mol. The van der Waals surface area contributed by atoms with E-state index < -0.39 is 0 Å². The number of hydrogen-bond acceptors (Lipinski definition) is 3. The van der Waals surface area contributed by atoms with Crippen LogP contribution in [0.1, 0.15) is 37.8 Å². The second-order valence-electron chi connectivity index (χ2n) is 5.13. The number of nitrogens with two attached hydrogens (primary N) is 1. The van der Waals surface area contributed by atoms with Crippen LogP contribution < -0.4 is 10.5 Å². The Labute approximate surface area is 120 Å². The summed E-state index contributed by atoms with van der Waals surface area (Å²) in [5.74, 6) is 0.718. The first-order valence-corrected chi connectivity index (χ1v) is 7.38. The van der Waals surface area contributed by atoms with E-state index in [0.717, 1.165) is 25.3 Å². The predicted octanol–water partition coefficient (Wildman–Crippen LogP) is 3.22. The van der Waals surface area contributed by atoms with Crippen LogP contribution in [0.15, 0.2) is 18.2 Å². The SMILES string of the molecule is CCN1CCCCC(N)C1c1ccc(OC)c(Cl)c1. The summed E-state index contributed by atoms with van der Waals surface area (Å²) in [6, 6.07) is 6.45. The molecule has 4 heteroatoms. The van der Waals surface area contributed by atoms with E-state index in [1.165, 1.54) is 18.4 Å². The first-order chi connectivity index (χ1) is 9.17. The Balaban J connectivity index is 2.32. The molecule has 0 bridgehead atoms. The molecule has 3 nitrogen and oxygen atoms in total. The zero-order chi connectivity index (χ0) is 13.8. The second kappa shape index (κ2) is 6.60. The molecule has 106 valence electrons. The van der Waals surface area contributed by atoms with E-state index in [0.29, 0.717) is 5.02 Å². The molecule has 1 heterocycles. The van der Waals surface area contributed by atoms with Gasteiger partial charge in [-0.25, -0.2) is 0 Å². The Bertz CT molecular complexity index is 425. The van der Waals surface area contributed by atoms with E-state index in [1.807, 2.05) is 12.1 Å². The maximum absolute atomic E-state index is 6.38. The standard InChI is InChI=1S/C15H23ClN2O/c1-3-18-9-5-4-6-13(17)15(18)11-7-8-14(19-2)12(16)10-11/h7-8,10,13,15H,3-6,9,17H2,1-2H3. The molecule has 2 N–H and O–H groups in total. The first kappa shape index (κ1) is 14.6. The molecule has 1 fully saturated rings. The van der Waals surface area contributed by atoms with E-state index in [-0.39, 0.29) is 12.1 Å². The van der Waals surface area contributed by atoms with Crippen LogP contribution >= 0.6 is 11.6 Å². The summed E-state index contributed by atoms with van der Waals surface area (Å²) in [6.45, 7) is 4.32. The molecular formula is C15H23ClN2O. The maximum Gasteiger partial charge on any atom is 0.137 e. The third-order valence-electron chi connectivity index (χ3n) is 3.96. The molecule has 0 amide bonds. The number of halogens is 1. The minimum absolute atomic E-state index is 0.173. The normalized spacial score (nSPS) is 25.1. The summed E-state index contributed by atoms with van der Waals surface area (Å²) < 4.78 is 5.22. The number of rotatable bonds is 3. The highest BCUT2D eigenvalue weighted by molar-refractivity contribution is 6.32. The van der Waals surface area contributed by atoms with Crippen molar-refractivity contribution in [1.29, 1.82) is 0 Å².